The predicted molar refractivity (Wildman–Crippen MR) is 65.1 cm³/mol. The van der Waals surface area contributed by atoms with Gasteiger partial charge in [0.1, 0.15) is 19.5 Å². The first-order chi connectivity index (χ1) is 8.88. The Morgan fingerprint density at radius 1 is 1.28 bits per heavy atom. The number of fused-ring (bicyclic) bond motifs is 1. The van der Waals surface area contributed by atoms with E-state index in [2.05, 4.69) is 15.5 Å². The molecular weight excluding hydrogens is 232 g/mol. The van der Waals surface area contributed by atoms with Crippen LogP contribution in [-0.2, 0) is 6.54 Å². The van der Waals surface area contributed by atoms with Gasteiger partial charge < -0.3 is 14.8 Å². The second-order valence-electron chi connectivity index (χ2n) is 3.98. The van der Waals surface area contributed by atoms with Crippen LogP contribution in [0.2, 0.25) is 0 Å². The van der Waals surface area contributed by atoms with Gasteiger partial charge >= 0.3 is 0 Å². The highest BCUT2D eigenvalue weighted by molar-refractivity contribution is 5.49. The minimum atomic E-state index is 0.585. The number of aromatic nitrogens is 3. The van der Waals surface area contributed by atoms with Crippen LogP contribution in [0.1, 0.15) is 5.82 Å². The van der Waals surface area contributed by atoms with E-state index in [4.69, 9.17) is 9.47 Å². The molecule has 1 aliphatic heterocycles. The summed E-state index contributed by atoms with van der Waals surface area (Å²) >= 11 is 0. The molecule has 0 unspecified atom stereocenters. The lowest BCUT2D eigenvalue weighted by Crippen LogP contribution is -2.16. The van der Waals surface area contributed by atoms with Crippen molar-refractivity contribution in [3.63, 3.8) is 0 Å². The average Bonchev–Trinajstić information content (AvgIpc) is 2.87. The van der Waals surface area contributed by atoms with Crippen LogP contribution in [0.5, 0.6) is 11.5 Å². The van der Waals surface area contributed by atoms with Crippen LogP contribution in [0.25, 0.3) is 5.69 Å². The van der Waals surface area contributed by atoms with Crippen LogP contribution in [-0.4, -0.2) is 35.0 Å². The summed E-state index contributed by atoms with van der Waals surface area (Å²) in [5, 5.41) is 11.1. The van der Waals surface area contributed by atoms with Gasteiger partial charge in [-0.25, -0.2) is 0 Å². The highest BCUT2D eigenvalue weighted by atomic mass is 16.6. The van der Waals surface area contributed by atoms with E-state index in [1.807, 2.05) is 29.8 Å². The first-order valence-corrected chi connectivity index (χ1v) is 5.82. The van der Waals surface area contributed by atoms with Gasteiger partial charge in [-0.05, 0) is 19.2 Å². The van der Waals surface area contributed by atoms with Gasteiger partial charge in [0.15, 0.2) is 17.3 Å². The van der Waals surface area contributed by atoms with Gasteiger partial charge in [-0.3, -0.25) is 4.57 Å². The molecule has 1 aromatic carbocycles. The second-order valence-corrected chi connectivity index (χ2v) is 3.98. The molecule has 94 valence electrons. The monoisotopic (exact) mass is 246 g/mol. The maximum absolute atomic E-state index is 5.57. The molecule has 0 saturated carbocycles. The van der Waals surface area contributed by atoms with Crippen molar-refractivity contribution in [2.75, 3.05) is 20.3 Å². The number of nitrogens with one attached hydrogen (secondary N) is 1. The first-order valence-electron chi connectivity index (χ1n) is 5.82. The number of ether oxygens (including phenoxy) is 2. The molecule has 1 aromatic heterocycles. The SMILES string of the molecule is CNCc1nncn1-c1ccc2c(c1)OCCO2. The molecule has 1 aliphatic rings. The molecule has 0 amide bonds. The van der Waals surface area contributed by atoms with E-state index in [0.717, 1.165) is 23.0 Å². The molecule has 6 nitrogen and oxygen atoms in total. The predicted octanol–water partition coefficient (Wildman–Crippen LogP) is 0.758. The minimum absolute atomic E-state index is 0.585. The third kappa shape index (κ3) is 1.91. The zero-order valence-corrected chi connectivity index (χ0v) is 10.1. The van der Waals surface area contributed by atoms with Gasteiger partial charge in [-0.2, -0.15) is 0 Å². The van der Waals surface area contributed by atoms with Crippen molar-refractivity contribution in [3.05, 3.63) is 30.4 Å². The Hall–Kier alpha value is -2.08. The smallest absolute Gasteiger partial charge is 0.163 e. The third-order valence-electron chi connectivity index (χ3n) is 2.76. The molecule has 18 heavy (non-hydrogen) atoms. The zero-order valence-electron chi connectivity index (χ0n) is 10.1. The van der Waals surface area contributed by atoms with Crippen molar-refractivity contribution >= 4 is 0 Å². The zero-order chi connectivity index (χ0) is 12.4. The fourth-order valence-corrected chi connectivity index (χ4v) is 1.94. The number of rotatable bonds is 3. The van der Waals surface area contributed by atoms with E-state index in [-0.39, 0.29) is 0 Å². The van der Waals surface area contributed by atoms with E-state index in [1.165, 1.54) is 0 Å². The lowest BCUT2D eigenvalue weighted by Gasteiger charge is -2.19. The summed E-state index contributed by atoms with van der Waals surface area (Å²) in [6.45, 7) is 1.85. The van der Waals surface area contributed by atoms with Crippen molar-refractivity contribution in [1.82, 2.24) is 20.1 Å². The molecule has 0 radical (unpaired) electrons. The summed E-state index contributed by atoms with van der Waals surface area (Å²) in [7, 11) is 1.88. The van der Waals surface area contributed by atoms with Crippen molar-refractivity contribution in [3.8, 4) is 17.2 Å². The van der Waals surface area contributed by atoms with Crippen LogP contribution < -0.4 is 14.8 Å². The summed E-state index contributed by atoms with van der Waals surface area (Å²) in [4.78, 5) is 0. The normalized spacial score (nSPS) is 13.6. The fourth-order valence-electron chi connectivity index (χ4n) is 1.94. The van der Waals surface area contributed by atoms with Crippen molar-refractivity contribution in [2.45, 2.75) is 6.54 Å². The summed E-state index contributed by atoms with van der Waals surface area (Å²) in [6.07, 6.45) is 1.69. The maximum Gasteiger partial charge on any atom is 0.163 e. The lowest BCUT2D eigenvalue weighted by atomic mass is 10.2. The van der Waals surface area contributed by atoms with Gasteiger partial charge in [-0.15, -0.1) is 10.2 Å². The Morgan fingerprint density at radius 3 is 2.94 bits per heavy atom. The Morgan fingerprint density at radius 2 is 2.11 bits per heavy atom. The standard InChI is InChI=1S/C12H14N4O2/c1-13-7-12-15-14-8-16(12)9-2-3-10-11(6-9)18-5-4-17-10/h2-3,6,8,13H,4-5,7H2,1H3. The number of benzene rings is 1. The average molecular weight is 246 g/mol. The summed E-state index contributed by atoms with van der Waals surface area (Å²) in [6, 6.07) is 5.82. The molecule has 0 fully saturated rings. The molecule has 0 atom stereocenters. The third-order valence-corrected chi connectivity index (χ3v) is 2.76. The molecule has 0 aliphatic carbocycles. The summed E-state index contributed by atoms with van der Waals surface area (Å²) in [5.74, 6) is 2.41. The Labute approximate surface area is 105 Å². The Balaban J connectivity index is 1.98. The van der Waals surface area contributed by atoms with Crippen LogP contribution >= 0.6 is 0 Å². The largest absolute Gasteiger partial charge is 0.486 e. The molecule has 1 N–H and O–H groups in total. The number of hydrogen-bond acceptors (Lipinski definition) is 5. The number of hydrogen-bond donors (Lipinski definition) is 1. The Kier molecular flexibility index (Phi) is 2.85. The molecule has 0 bridgehead atoms. The van der Waals surface area contributed by atoms with E-state index in [1.54, 1.807) is 6.33 Å². The van der Waals surface area contributed by atoms with E-state index in [9.17, 15) is 0 Å². The van der Waals surface area contributed by atoms with Gasteiger partial charge in [0, 0.05) is 6.07 Å². The molecule has 6 heteroatoms. The van der Waals surface area contributed by atoms with E-state index >= 15 is 0 Å². The van der Waals surface area contributed by atoms with Gasteiger partial charge in [0.25, 0.3) is 0 Å². The highest BCUT2D eigenvalue weighted by Gasteiger charge is 2.13. The quantitative estimate of drug-likeness (QED) is 0.866. The van der Waals surface area contributed by atoms with Crippen LogP contribution in [0.4, 0.5) is 0 Å². The minimum Gasteiger partial charge on any atom is -0.486 e. The van der Waals surface area contributed by atoms with Gasteiger partial charge in [0.05, 0.1) is 12.2 Å². The maximum atomic E-state index is 5.57. The Bertz CT molecular complexity index is 553. The topological polar surface area (TPSA) is 61.2 Å². The highest BCUT2D eigenvalue weighted by Crippen LogP contribution is 2.32. The summed E-state index contributed by atoms with van der Waals surface area (Å²) < 4.78 is 13.0. The lowest BCUT2D eigenvalue weighted by molar-refractivity contribution is 0.171. The first kappa shape index (κ1) is 11.0. The van der Waals surface area contributed by atoms with Crippen molar-refractivity contribution < 1.29 is 9.47 Å². The van der Waals surface area contributed by atoms with E-state index in [0.29, 0.717) is 19.8 Å². The molecule has 3 rings (SSSR count). The van der Waals surface area contributed by atoms with Crippen LogP contribution in [0.3, 0.4) is 0 Å². The molecular formula is C12H14N4O2. The molecule has 0 saturated heterocycles. The summed E-state index contributed by atoms with van der Waals surface area (Å²) in [5.41, 5.74) is 0.967. The van der Waals surface area contributed by atoms with Crippen LogP contribution in [0, 0.1) is 0 Å². The second kappa shape index (κ2) is 4.66. The van der Waals surface area contributed by atoms with Crippen molar-refractivity contribution in [2.24, 2.45) is 0 Å². The van der Waals surface area contributed by atoms with E-state index < -0.39 is 0 Å². The van der Waals surface area contributed by atoms with Crippen LogP contribution in [0.15, 0.2) is 24.5 Å². The van der Waals surface area contributed by atoms with Gasteiger partial charge in [-0.1, -0.05) is 0 Å². The van der Waals surface area contributed by atoms with Gasteiger partial charge in [0.2, 0.25) is 0 Å². The molecule has 2 aromatic rings. The molecule has 2 heterocycles. The van der Waals surface area contributed by atoms with Crippen molar-refractivity contribution in [1.29, 1.82) is 0 Å². The fraction of sp³-hybridized carbons (Fsp3) is 0.333. The number of nitrogens with zero attached hydrogens (tertiary/aromatic N) is 3. The molecule has 0 spiro atoms.